The van der Waals surface area contributed by atoms with E-state index in [-0.39, 0.29) is 0 Å². The lowest BCUT2D eigenvalue weighted by Gasteiger charge is -2.07. The van der Waals surface area contributed by atoms with Crippen LogP contribution in [-0.4, -0.2) is 16.5 Å². The molecule has 1 aromatic rings. The van der Waals surface area contributed by atoms with Crippen molar-refractivity contribution in [3.63, 3.8) is 0 Å². The molecule has 0 aliphatic carbocycles. The fourth-order valence-electron chi connectivity index (χ4n) is 1.41. The van der Waals surface area contributed by atoms with Gasteiger partial charge in [-0.25, -0.2) is 4.98 Å². The van der Waals surface area contributed by atoms with Crippen molar-refractivity contribution in [2.45, 2.75) is 39.5 Å². The van der Waals surface area contributed by atoms with Crippen LogP contribution in [0.5, 0.6) is 0 Å². The summed E-state index contributed by atoms with van der Waals surface area (Å²) in [5.74, 6) is 0.950. The minimum atomic E-state index is 0.902. The molecule has 0 saturated heterocycles. The van der Waals surface area contributed by atoms with E-state index in [1.165, 1.54) is 19.3 Å². The van der Waals surface area contributed by atoms with Crippen LogP contribution in [0, 0.1) is 0 Å². The van der Waals surface area contributed by atoms with Gasteiger partial charge in [0.2, 0.25) is 0 Å². The predicted octanol–water partition coefficient (Wildman–Crippen LogP) is 2.64. The van der Waals surface area contributed by atoms with Gasteiger partial charge in [0.1, 0.15) is 5.82 Å². The van der Waals surface area contributed by atoms with Gasteiger partial charge in [0.15, 0.2) is 0 Å². The summed E-state index contributed by atoms with van der Waals surface area (Å²) in [6.07, 6.45) is 8.25. The minimum absolute atomic E-state index is 0.902. The van der Waals surface area contributed by atoms with Crippen LogP contribution in [0.4, 0.5) is 5.82 Å². The fourth-order valence-corrected chi connectivity index (χ4v) is 1.41. The molecule has 3 heteroatoms. The van der Waals surface area contributed by atoms with Gasteiger partial charge in [-0.15, -0.1) is 0 Å². The van der Waals surface area contributed by atoms with E-state index in [1.807, 2.05) is 0 Å². The van der Waals surface area contributed by atoms with Crippen LogP contribution in [0.3, 0.4) is 0 Å². The van der Waals surface area contributed by atoms with Crippen molar-refractivity contribution in [2.75, 3.05) is 11.9 Å². The predicted molar refractivity (Wildman–Crippen MR) is 59.4 cm³/mol. The summed E-state index contributed by atoms with van der Waals surface area (Å²) in [5.41, 5.74) is 1.10. The zero-order chi connectivity index (χ0) is 10.2. The van der Waals surface area contributed by atoms with Crippen molar-refractivity contribution < 1.29 is 0 Å². The Bertz CT molecular complexity index is 260. The number of rotatable bonds is 6. The molecule has 0 bridgehead atoms. The maximum absolute atomic E-state index is 4.34. The first-order chi connectivity index (χ1) is 6.88. The van der Waals surface area contributed by atoms with E-state index in [0.29, 0.717) is 0 Å². The lowest BCUT2D eigenvalue weighted by Crippen LogP contribution is -2.05. The fraction of sp³-hybridized carbons (Fsp3) is 0.636. The average molecular weight is 193 g/mol. The van der Waals surface area contributed by atoms with E-state index < -0.39 is 0 Å². The number of hydrogen-bond acceptors (Lipinski definition) is 3. The molecule has 0 fully saturated rings. The summed E-state index contributed by atoms with van der Waals surface area (Å²) in [7, 11) is 0. The molecule has 0 spiro atoms. The topological polar surface area (TPSA) is 37.8 Å². The van der Waals surface area contributed by atoms with Gasteiger partial charge in [0, 0.05) is 18.9 Å². The minimum Gasteiger partial charge on any atom is -0.369 e. The number of nitrogens with one attached hydrogen (secondary N) is 1. The van der Waals surface area contributed by atoms with E-state index in [4.69, 9.17) is 0 Å². The Balaban J connectivity index is 2.55. The van der Waals surface area contributed by atoms with Crippen LogP contribution < -0.4 is 5.32 Å². The Morgan fingerprint density at radius 1 is 1.14 bits per heavy atom. The molecule has 1 rings (SSSR count). The second kappa shape index (κ2) is 6.35. The lowest BCUT2D eigenvalue weighted by molar-refractivity contribution is 0.706. The number of nitrogens with zero attached hydrogens (tertiary/aromatic N) is 2. The zero-order valence-corrected chi connectivity index (χ0v) is 9.08. The van der Waals surface area contributed by atoms with Gasteiger partial charge in [-0.3, -0.25) is 4.98 Å². The highest BCUT2D eigenvalue weighted by atomic mass is 15.0. The Morgan fingerprint density at radius 3 is 2.64 bits per heavy atom. The van der Waals surface area contributed by atoms with Crippen LogP contribution >= 0.6 is 0 Å². The number of anilines is 1. The first kappa shape index (κ1) is 11.0. The molecule has 0 saturated carbocycles. The molecule has 1 N–H and O–H groups in total. The molecule has 0 aliphatic rings. The molecule has 3 nitrogen and oxygen atoms in total. The third-order valence-electron chi connectivity index (χ3n) is 2.14. The van der Waals surface area contributed by atoms with Crippen molar-refractivity contribution in [1.82, 2.24) is 9.97 Å². The summed E-state index contributed by atoms with van der Waals surface area (Å²) < 4.78 is 0. The quantitative estimate of drug-likeness (QED) is 0.706. The molecule has 0 atom stereocenters. The standard InChI is InChI=1S/C11H19N3/c1-3-5-6-7-10-11(12-4-2)14-9-8-13-10/h8-9H,3-7H2,1-2H3,(H,12,14). The van der Waals surface area contributed by atoms with Crippen LogP contribution in [0.2, 0.25) is 0 Å². The van der Waals surface area contributed by atoms with Gasteiger partial charge in [-0.2, -0.15) is 0 Å². The summed E-state index contributed by atoms with van der Waals surface area (Å²) in [5, 5.41) is 3.23. The Morgan fingerprint density at radius 2 is 1.93 bits per heavy atom. The molecule has 0 radical (unpaired) electrons. The number of aryl methyl sites for hydroxylation is 1. The first-order valence-corrected chi connectivity index (χ1v) is 5.42. The Kier molecular flexibility index (Phi) is 4.97. The molecule has 78 valence electrons. The van der Waals surface area contributed by atoms with Crippen molar-refractivity contribution >= 4 is 5.82 Å². The van der Waals surface area contributed by atoms with Gasteiger partial charge in [0.05, 0.1) is 5.69 Å². The molecule has 1 aromatic heterocycles. The molecule has 1 heterocycles. The van der Waals surface area contributed by atoms with Gasteiger partial charge < -0.3 is 5.32 Å². The third kappa shape index (κ3) is 3.32. The second-order valence-corrected chi connectivity index (χ2v) is 3.34. The van der Waals surface area contributed by atoms with E-state index in [2.05, 4.69) is 29.1 Å². The van der Waals surface area contributed by atoms with Crippen molar-refractivity contribution in [2.24, 2.45) is 0 Å². The number of hydrogen-bond donors (Lipinski definition) is 1. The van der Waals surface area contributed by atoms with E-state index in [9.17, 15) is 0 Å². The molecule has 0 aromatic carbocycles. The highest BCUT2D eigenvalue weighted by molar-refractivity contribution is 5.39. The smallest absolute Gasteiger partial charge is 0.147 e. The van der Waals surface area contributed by atoms with Gasteiger partial charge in [-0.05, 0) is 19.8 Å². The second-order valence-electron chi connectivity index (χ2n) is 3.34. The van der Waals surface area contributed by atoms with Gasteiger partial charge >= 0.3 is 0 Å². The molecule has 0 unspecified atom stereocenters. The first-order valence-electron chi connectivity index (χ1n) is 5.42. The highest BCUT2D eigenvalue weighted by Crippen LogP contribution is 2.11. The summed E-state index contributed by atoms with van der Waals surface area (Å²) in [4.78, 5) is 8.62. The largest absolute Gasteiger partial charge is 0.369 e. The monoisotopic (exact) mass is 193 g/mol. The van der Waals surface area contributed by atoms with E-state index in [1.54, 1.807) is 12.4 Å². The van der Waals surface area contributed by atoms with Crippen molar-refractivity contribution in [1.29, 1.82) is 0 Å². The number of aromatic nitrogens is 2. The normalized spacial score (nSPS) is 10.1. The summed E-state index contributed by atoms with van der Waals surface area (Å²) in [6, 6.07) is 0. The molecule has 0 aliphatic heterocycles. The summed E-state index contributed by atoms with van der Waals surface area (Å²) >= 11 is 0. The molecule has 14 heavy (non-hydrogen) atoms. The molecular weight excluding hydrogens is 174 g/mol. The van der Waals surface area contributed by atoms with Crippen LogP contribution in [-0.2, 0) is 6.42 Å². The van der Waals surface area contributed by atoms with Crippen molar-refractivity contribution in [3.05, 3.63) is 18.1 Å². The Hall–Kier alpha value is -1.12. The van der Waals surface area contributed by atoms with Crippen molar-refractivity contribution in [3.8, 4) is 0 Å². The van der Waals surface area contributed by atoms with Gasteiger partial charge in [0.25, 0.3) is 0 Å². The molecule has 0 amide bonds. The number of unbranched alkanes of at least 4 members (excludes halogenated alkanes) is 2. The third-order valence-corrected chi connectivity index (χ3v) is 2.14. The SMILES string of the molecule is CCCCCc1nccnc1NCC. The molecular formula is C11H19N3. The maximum Gasteiger partial charge on any atom is 0.147 e. The van der Waals surface area contributed by atoms with Gasteiger partial charge in [-0.1, -0.05) is 19.8 Å². The zero-order valence-electron chi connectivity index (χ0n) is 9.08. The maximum atomic E-state index is 4.34. The van der Waals surface area contributed by atoms with E-state index >= 15 is 0 Å². The average Bonchev–Trinajstić information content (AvgIpc) is 2.21. The highest BCUT2D eigenvalue weighted by Gasteiger charge is 2.02. The van der Waals surface area contributed by atoms with Crippen LogP contribution in [0.15, 0.2) is 12.4 Å². The van der Waals surface area contributed by atoms with Crippen LogP contribution in [0.1, 0.15) is 38.8 Å². The Labute approximate surface area is 86.0 Å². The van der Waals surface area contributed by atoms with Crippen LogP contribution in [0.25, 0.3) is 0 Å². The van der Waals surface area contributed by atoms with E-state index in [0.717, 1.165) is 24.5 Å². The lowest BCUT2D eigenvalue weighted by atomic mass is 10.1. The summed E-state index contributed by atoms with van der Waals surface area (Å²) in [6.45, 7) is 5.19.